The second-order valence-electron chi connectivity index (χ2n) is 10.9. The van der Waals surface area contributed by atoms with Gasteiger partial charge < -0.3 is 27.8 Å². The van der Waals surface area contributed by atoms with Crippen molar-refractivity contribution in [2.24, 2.45) is 4.52 Å². The molecular weight excluding hydrogens is 1140 g/mol. The average molecular weight is 1170 g/mol. The molecule has 0 spiro atoms. The maximum absolute atomic E-state index is 6.98. The molecule has 276 valence electrons. The molecule has 0 radical (unpaired) electrons. The first-order chi connectivity index (χ1) is 26.1. The quantitative estimate of drug-likeness (QED) is 0.112. The lowest BCUT2D eigenvalue weighted by atomic mass is 10.3. The summed E-state index contributed by atoms with van der Waals surface area (Å²) >= 11 is 21.2. The molecule has 0 fully saturated rings. The van der Waals surface area contributed by atoms with E-state index >= 15 is 0 Å². The number of hydrogen-bond donors (Lipinski definition) is 0. The summed E-state index contributed by atoms with van der Waals surface area (Å²) in [5, 5.41) is 0. The Bertz CT molecular complexity index is 2180. The molecule has 0 bridgehead atoms. The van der Waals surface area contributed by atoms with E-state index < -0.39 is 24.6 Å². The van der Waals surface area contributed by atoms with Gasteiger partial charge in [0.25, 0.3) is 0 Å². The highest BCUT2D eigenvalue weighted by molar-refractivity contribution is 9.11. The van der Waals surface area contributed by atoms with E-state index in [1.807, 2.05) is 146 Å². The number of hydrogen-bond acceptors (Lipinski definition) is 9. The highest BCUT2D eigenvalue weighted by Crippen LogP contribution is 2.77. The lowest BCUT2D eigenvalue weighted by Crippen LogP contribution is -2.37. The summed E-state index contributed by atoms with van der Waals surface area (Å²) in [6.45, 7) is 0. The van der Waals surface area contributed by atoms with E-state index in [1.165, 1.54) is 0 Å². The molecule has 9 nitrogen and oxygen atoms in total. The van der Waals surface area contributed by atoms with Crippen molar-refractivity contribution < 1.29 is 27.8 Å². The molecule has 2 unspecified atom stereocenters. The first-order valence-electron chi connectivity index (χ1n) is 15.6. The smallest absolute Gasteiger partial charge is 0.440 e. The van der Waals surface area contributed by atoms with Crippen molar-refractivity contribution in [3.05, 3.63) is 172 Å². The summed E-state index contributed by atoms with van der Waals surface area (Å²) in [7, 11) is -8.21. The molecule has 0 amide bonds. The normalized spacial score (nSPS) is 16.9. The van der Waals surface area contributed by atoms with Gasteiger partial charge in [0.15, 0.2) is 0 Å². The molecule has 0 saturated carbocycles. The average Bonchev–Trinajstić information content (AvgIpc) is 3.16. The maximum Gasteiger partial charge on any atom is 0.447 e. The van der Waals surface area contributed by atoms with Crippen LogP contribution in [0.1, 0.15) is 0 Å². The van der Waals surface area contributed by atoms with Gasteiger partial charge in [0, 0.05) is 36.0 Å². The van der Waals surface area contributed by atoms with Crippen LogP contribution in [0.2, 0.25) is 0 Å². The Labute approximate surface area is 365 Å². The standard InChI is InChI=1S/C36H24Br6N3O6P3/c37-25-1-13-31(14-2-25)46-44-52(48-33-17-5-27(39)6-18-33)43-54(50-35-21-9-29(41)10-22-35,51-36-23-11-30(42)12-24-36)45(47-32-15-3-26(38)4-16-32)53(44)49-34-19-7-28(40)8-20-34/h1-24H. The van der Waals surface area contributed by atoms with Crippen LogP contribution < -0.4 is 27.8 Å². The van der Waals surface area contributed by atoms with Crippen LogP contribution in [0.15, 0.2) is 177 Å². The van der Waals surface area contributed by atoms with E-state index in [9.17, 15) is 0 Å². The van der Waals surface area contributed by atoms with Crippen molar-refractivity contribution in [3.63, 3.8) is 0 Å². The second-order valence-corrected chi connectivity index (χ2v) is 21.9. The summed E-state index contributed by atoms with van der Waals surface area (Å²) in [5.41, 5.74) is 0. The first-order valence-corrected chi connectivity index (χ1v) is 24.2. The molecule has 7 rings (SSSR count). The molecule has 0 aliphatic carbocycles. The minimum atomic E-state index is -3.85. The molecular formula is C36H24Br6N3O6P3. The zero-order valence-electron chi connectivity index (χ0n) is 27.3. The largest absolute Gasteiger partial charge is 0.447 e. The third kappa shape index (κ3) is 10.5. The topological polar surface area (TPSA) is 74.2 Å². The van der Waals surface area contributed by atoms with E-state index in [0.29, 0.717) is 34.5 Å². The molecule has 18 heteroatoms. The maximum atomic E-state index is 6.98. The van der Waals surface area contributed by atoms with Crippen LogP contribution in [0.5, 0.6) is 34.5 Å². The summed E-state index contributed by atoms with van der Waals surface area (Å²) in [4.78, 5) is 13.6. The van der Waals surface area contributed by atoms with Crippen molar-refractivity contribution >= 4 is 120 Å². The molecule has 2 atom stereocenters. The van der Waals surface area contributed by atoms with Crippen LogP contribution in [-0.2, 0) is 0 Å². The summed E-state index contributed by atoms with van der Waals surface area (Å²) in [5.74, 6) is 2.96. The minimum absolute atomic E-state index is 0.465. The first kappa shape index (κ1) is 40.2. The van der Waals surface area contributed by atoms with Crippen LogP contribution in [0, 0.1) is 0 Å². The van der Waals surface area contributed by atoms with Gasteiger partial charge in [-0.05, 0) is 146 Å². The van der Waals surface area contributed by atoms with Crippen molar-refractivity contribution in [1.29, 1.82) is 0 Å². The Hall–Kier alpha value is -1.99. The van der Waals surface area contributed by atoms with E-state index in [0.717, 1.165) is 26.8 Å². The van der Waals surface area contributed by atoms with E-state index in [1.54, 1.807) is 9.21 Å². The van der Waals surface area contributed by atoms with Gasteiger partial charge >= 0.3 is 24.6 Å². The summed E-state index contributed by atoms with van der Waals surface area (Å²) in [6, 6.07) is 44.5. The SMILES string of the molecule is Brc1ccc(ON2P(Oc3ccc(Br)cc3)N=P(Oc3ccc(Br)cc3)(Oc3ccc(Br)cc3)N(Oc3ccc(Br)cc3)P2Oc2ccc(Br)cc2)cc1. The van der Waals surface area contributed by atoms with Gasteiger partial charge in [-0.2, -0.15) is 0 Å². The van der Waals surface area contributed by atoms with E-state index in [-0.39, 0.29) is 0 Å². The minimum Gasteiger partial charge on any atom is -0.440 e. The summed E-state index contributed by atoms with van der Waals surface area (Å²) in [6.07, 6.45) is 0. The zero-order chi connectivity index (χ0) is 37.7. The van der Waals surface area contributed by atoms with Crippen molar-refractivity contribution in [3.8, 4) is 34.5 Å². The molecule has 54 heavy (non-hydrogen) atoms. The predicted octanol–water partition coefficient (Wildman–Crippen LogP) is 15.9. The van der Waals surface area contributed by atoms with E-state index in [4.69, 9.17) is 32.3 Å². The van der Waals surface area contributed by atoms with Gasteiger partial charge in [-0.15, -0.1) is 4.52 Å². The van der Waals surface area contributed by atoms with Crippen LogP contribution in [-0.4, -0.2) is 9.21 Å². The Morgan fingerprint density at radius 2 is 0.704 bits per heavy atom. The molecule has 6 aromatic carbocycles. The fraction of sp³-hybridized carbons (Fsp3) is 0. The van der Waals surface area contributed by atoms with Gasteiger partial charge in [-0.3, -0.25) is 0 Å². The van der Waals surface area contributed by atoms with Gasteiger partial charge in [-0.1, -0.05) is 95.6 Å². The number of nitrogens with zero attached hydrogens (tertiary/aromatic N) is 3. The number of rotatable bonds is 12. The lowest BCUT2D eigenvalue weighted by molar-refractivity contribution is 0.0545. The van der Waals surface area contributed by atoms with Crippen LogP contribution in [0.4, 0.5) is 0 Å². The zero-order valence-corrected chi connectivity index (χ0v) is 39.5. The third-order valence-corrected chi connectivity index (χ3v) is 17.0. The molecule has 6 aromatic rings. The second kappa shape index (κ2) is 18.5. The lowest BCUT2D eigenvalue weighted by Gasteiger charge is -2.43. The van der Waals surface area contributed by atoms with Crippen LogP contribution >= 0.6 is 120 Å². The Morgan fingerprint density at radius 3 is 1.09 bits per heavy atom. The summed E-state index contributed by atoms with van der Waals surface area (Å²) < 4.78 is 41.4. The van der Waals surface area contributed by atoms with Gasteiger partial charge in [0.2, 0.25) is 0 Å². The molecule has 1 aliphatic rings. The Kier molecular flexibility index (Phi) is 13.8. The fourth-order valence-corrected chi connectivity index (χ4v) is 13.5. The number of halogens is 6. The van der Waals surface area contributed by atoms with Crippen molar-refractivity contribution in [2.75, 3.05) is 0 Å². The van der Waals surface area contributed by atoms with Crippen LogP contribution in [0.25, 0.3) is 0 Å². The highest BCUT2D eigenvalue weighted by Gasteiger charge is 2.58. The number of benzene rings is 6. The third-order valence-electron chi connectivity index (χ3n) is 6.92. The van der Waals surface area contributed by atoms with Gasteiger partial charge in [-0.25, -0.2) is 0 Å². The highest BCUT2D eigenvalue weighted by atomic mass is 79.9. The Balaban J connectivity index is 1.48. The van der Waals surface area contributed by atoms with E-state index in [2.05, 4.69) is 95.6 Å². The molecule has 0 N–H and O–H groups in total. The molecule has 0 saturated heterocycles. The monoisotopic (exact) mass is 1160 g/mol. The molecule has 1 heterocycles. The van der Waals surface area contributed by atoms with Crippen molar-refractivity contribution in [1.82, 2.24) is 9.21 Å². The predicted molar refractivity (Wildman–Crippen MR) is 235 cm³/mol. The van der Waals surface area contributed by atoms with Gasteiger partial charge in [0.05, 0.1) is 0 Å². The molecule has 0 aromatic heterocycles. The molecule has 1 aliphatic heterocycles. The van der Waals surface area contributed by atoms with Crippen molar-refractivity contribution in [2.45, 2.75) is 0 Å². The fourth-order valence-electron chi connectivity index (χ4n) is 4.42. The Morgan fingerprint density at radius 1 is 0.389 bits per heavy atom. The van der Waals surface area contributed by atoms with Crippen LogP contribution in [0.3, 0.4) is 0 Å². The van der Waals surface area contributed by atoms with Gasteiger partial charge in [0.1, 0.15) is 34.5 Å².